The first-order valence-corrected chi connectivity index (χ1v) is 8.24. The molecule has 0 spiro atoms. The van der Waals surface area contributed by atoms with Crippen LogP contribution in [-0.2, 0) is 4.79 Å². The second-order valence-electron chi connectivity index (χ2n) is 6.21. The first-order valence-electron chi connectivity index (χ1n) is 8.24. The molecular formula is C18H28N2O. The van der Waals surface area contributed by atoms with Crippen LogP contribution in [0.25, 0.3) is 0 Å². The summed E-state index contributed by atoms with van der Waals surface area (Å²) in [6, 6.07) is 8.66. The molecule has 1 aromatic rings. The smallest absolute Gasteiger partial charge is 0.241 e. The van der Waals surface area contributed by atoms with Crippen molar-refractivity contribution in [3.63, 3.8) is 0 Å². The maximum absolute atomic E-state index is 12.5. The van der Waals surface area contributed by atoms with Gasteiger partial charge in [-0.2, -0.15) is 0 Å². The van der Waals surface area contributed by atoms with Crippen LogP contribution in [0.5, 0.6) is 0 Å². The Balaban J connectivity index is 2.15. The van der Waals surface area contributed by atoms with Crippen molar-refractivity contribution in [2.75, 3.05) is 6.54 Å². The number of likely N-dealkylation sites (N-methyl/N-ethyl adjacent to an activating group) is 1. The fourth-order valence-corrected chi connectivity index (χ4v) is 2.97. The number of nitrogens with one attached hydrogen (secondary N) is 1. The zero-order valence-corrected chi connectivity index (χ0v) is 13.7. The lowest BCUT2D eigenvalue weighted by Gasteiger charge is -2.23. The second-order valence-corrected chi connectivity index (χ2v) is 6.21. The summed E-state index contributed by atoms with van der Waals surface area (Å²) >= 11 is 0. The number of hydrogen-bond acceptors (Lipinski definition) is 2. The third kappa shape index (κ3) is 3.46. The van der Waals surface area contributed by atoms with Crippen molar-refractivity contribution in [2.24, 2.45) is 0 Å². The van der Waals surface area contributed by atoms with Gasteiger partial charge in [-0.1, -0.05) is 57.9 Å². The highest BCUT2D eigenvalue weighted by Gasteiger charge is 2.37. The van der Waals surface area contributed by atoms with Crippen LogP contribution in [0.3, 0.4) is 0 Å². The fraction of sp³-hybridized carbons (Fsp3) is 0.611. The van der Waals surface area contributed by atoms with E-state index in [1.54, 1.807) is 0 Å². The molecule has 0 aromatic heterocycles. The standard InChI is InChI=1S/C18H28N2O/c1-5-7-8-16-18(21)20(6-2)17(19-16)15-11-9-14(10-12-15)13(3)4/h9-13,16-17,19H,5-8H2,1-4H3. The Morgan fingerprint density at radius 2 is 1.86 bits per heavy atom. The minimum atomic E-state index is -0.0142. The molecule has 0 bridgehead atoms. The van der Waals surface area contributed by atoms with Gasteiger partial charge in [-0.3, -0.25) is 10.1 Å². The molecule has 1 N–H and O–H groups in total. The topological polar surface area (TPSA) is 32.3 Å². The number of nitrogens with zero attached hydrogens (tertiary/aromatic N) is 1. The summed E-state index contributed by atoms with van der Waals surface area (Å²) in [7, 11) is 0. The summed E-state index contributed by atoms with van der Waals surface area (Å²) in [6.07, 6.45) is 3.20. The number of rotatable bonds is 6. The van der Waals surface area contributed by atoms with E-state index >= 15 is 0 Å². The van der Waals surface area contributed by atoms with Gasteiger partial charge in [0.05, 0.1) is 6.04 Å². The van der Waals surface area contributed by atoms with E-state index in [1.807, 2.05) is 4.90 Å². The molecule has 0 aliphatic carbocycles. The van der Waals surface area contributed by atoms with E-state index in [2.05, 4.69) is 57.3 Å². The second kappa shape index (κ2) is 7.08. The molecule has 1 fully saturated rings. The van der Waals surface area contributed by atoms with Crippen LogP contribution >= 0.6 is 0 Å². The summed E-state index contributed by atoms with van der Waals surface area (Å²) in [5.74, 6) is 0.792. The molecule has 0 radical (unpaired) electrons. The molecule has 1 saturated heterocycles. The van der Waals surface area contributed by atoms with Gasteiger partial charge in [-0.25, -0.2) is 0 Å². The summed E-state index contributed by atoms with van der Waals surface area (Å²) in [5, 5.41) is 3.52. The molecule has 2 unspecified atom stereocenters. The van der Waals surface area contributed by atoms with E-state index in [0.29, 0.717) is 5.92 Å². The van der Waals surface area contributed by atoms with E-state index in [0.717, 1.165) is 25.8 Å². The third-order valence-electron chi connectivity index (χ3n) is 4.36. The highest BCUT2D eigenvalue weighted by atomic mass is 16.2. The van der Waals surface area contributed by atoms with Gasteiger partial charge >= 0.3 is 0 Å². The zero-order chi connectivity index (χ0) is 15.4. The summed E-state index contributed by atoms with van der Waals surface area (Å²) in [4.78, 5) is 14.4. The van der Waals surface area contributed by atoms with Crippen molar-refractivity contribution in [1.82, 2.24) is 10.2 Å². The van der Waals surface area contributed by atoms with E-state index in [9.17, 15) is 4.79 Å². The van der Waals surface area contributed by atoms with Gasteiger partial charge in [-0.05, 0) is 30.4 Å². The minimum Gasteiger partial charge on any atom is -0.322 e. The van der Waals surface area contributed by atoms with Gasteiger partial charge in [-0.15, -0.1) is 0 Å². The van der Waals surface area contributed by atoms with Crippen LogP contribution in [0, 0.1) is 0 Å². The van der Waals surface area contributed by atoms with E-state index < -0.39 is 0 Å². The van der Waals surface area contributed by atoms with Gasteiger partial charge in [0.2, 0.25) is 5.91 Å². The molecule has 0 saturated carbocycles. The molecule has 3 heteroatoms. The monoisotopic (exact) mass is 288 g/mol. The predicted molar refractivity (Wildman–Crippen MR) is 87.1 cm³/mol. The van der Waals surface area contributed by atoms with E-state index in [4.69, 9.17) is 0 Å². The molecular weight excluding hydrogens is 260 g/mol. The van der Waals surface area contributed by atoms with Crippen molar-refractivity contribution in [3.8, 4) is 0 Å². The molecule has 21 heavy (non-hydrogen) atoms. The van der Waals surface area contributed by atoms with Gasteiger partial charge in [0.25, 0.3) is 0 Å². The van der Waals surface area contributed by atoms with E-state index in [1.165, 1.54) is 11.1 Å². The van der Waals surface area contributed by atoms with Gasteiger partial charge in [0, 0.05) is 6.54 Å². The quantitative estimate of drug-likeness (QED) is 0.863. The van der Waals surface area contributed by atoms with E-state index in [-0.39, 0.29) is 18.1 Å². The van der Waals surface area contributed by atoms with Crippen LogP contribution in [-0.4, -0.2) is 23.4 Å². The first kappa shape index (κ1) is 16.0. The molecule has 1 aliphatic heterocycles. The molecule has 116 valence electrons. The van der Waals surface area contributed by atoms with Gasteiger partial charge in [0.1, 0.15) is 6.17 Å². The van der Waals surface area contributed by atoms with Crippen LogP contribution in [0.2, 0.25) is 0 Å². The molecule has 1 heterocycles. The molecule has 1 aliphatic rings. The SMILES string of the molecule is CCCCC1NC(c2ccc(C(C)C)cc2)N(CC)C1=O. The van der Waals surface area contributed by atoms with Crippen molar-refractivity contribution < 1.29 is 4.79 Å². The Kier molecular flexibility index (Phi) is 5.40. The molecule has 1 aromatic carbocycles. The summed E-state index contributed by atoms with van der Waals surface area (Å²) < 4.78 is 0. The van der Waals surface area contributed by atoms with Crippen molar-refractivity contribution in [2.45, 2.75) is 65.1 Å². The van der Waals surface area contributed by atoms with Crippen LogP contribution in [0.1, 0.15) is 70.2 Å². The average Bonchev–Trinajstić information content (AvgIpc) is 2.81. The number of hydrogen-bond donors (Lipinski definition) is 1. The number of unbranched alkanes of at least 4 members (excludes halogenated alkanes) is 1. The number of benzene rings is 1. The maximum atomic E-state index is 12.5. The van der Waals surface area contributed by atoms with Gasteiger partial charge < -0.3 is 4.90 Å². The van der Waals surface area contributed by atoms with Crippen LogP contribution in [0.4, 0.5) is 0 Å². The minimum absolute atomic E-state index is 0.0142. The van der Waals surface area contributed by atoms with Crippen molar-refractivity contribution in [1.29, 1.82) is 0 Å². The highest BCUT2D eigenvalue weighted by molar-refractivity contribution is 5.84. The largest absolute Gasteiger partial charge is 0.322 e. The number of carbonyl (C=O) groups excluding carboxylic acids is 1. The lowest BCUT2D eigenvalue weighted by atomic mass is 10.0. The lowest BCUT2D eigenvalue weighted by molar-refractivity contribution is -0.130. The summed E-state index contributed by atoms with van der Waals surface area (Å²) in [6.45, 7) is 9.37. The molecule has 1 amide bonds. The predicted octanol–water partition coefficient (Wildman–Crippen LogP) is 3.82. The van der Waals surface area contributed by atoms with Gasteiger partial charge in [0.15, 0.2) is 0 Å². The van der Waals surface area contributed by atoms with Crippen molar-refractivity contribution in [3.05, 3.63) is 35.4 Å². The Labute approximate surface area is 128 Å². The Hall–Kier alpha value is -1.35. The Morgan fingerprint density at radius 3 is 2.38 bits per heavy atom. The number of amides is 1. The number of carbonyl (C=O) groups is 1. The highest BCUT2D eigenvalue weighted by Crippen LogP contribution is 2.28. The first-order chi connectivity index (χ1) is 10.1. The van der Waals surface area contributed by atoms with Crippen molar-refractivity contribution >= 4 is 5.91 Å². The molecule has 3 nitrogen and oxygen atoms in total. The van der Waals surface area contributed by atoms with Crippen LogP contribution < -0.4 is 5.32 Å². The molecule has 2 rings (SSSR count). The zero-order valence-electron chi connectivity index (χ0n) is 13.7. The Bertz CT molecular complexity index is 467. The maximum Gasteiger partial charge on any atom is 0.241 e. The average molecular weight is 288 g/mol. The third-order valence-corrected chi connectivity index (χ3v) is 4.36. The lowest BCUT2D eigenvalue weighted by Crippen LogP contribution is -2.30. The normalized spacial score (nSPS) is 22.3. The Morgan fingerprint density at radius 1 is 1.19 bits per heavy atom. The molecule has 2 atom stereocenters. The summed E-state index contributed by atoms with van der Waals surface area (Å²) in [5.41, 5.74) is 2.53. The fourth-order valence-electron chi connectivity index (χ4n) is 2.97. The van der Waals surface area contributed by atoms with Crippen LogP contribution in [0.15, 0.2) is 24.3 Å².